The molecule has 0 aliphatic carbocycles. The van der Waals surface area contributed by atoms with Crippen LogP contribution in [-0.4, -0.2) is 32.7 Å². The van der Waals surface area contributed by atoms with E-state index in [9.17, 15) is 9.59 Å². The number of hydrogen-bond donors (Lipinski definition) is 0. The van der Waals surface area contributed by atoms with E-state index in [1.807, 2.05) is 18.7 Å². The second kappa shape index (κ2) is 9.13. The van der Waals surface area contributed by atoms with Gasteiger partial charge in [-0.3, -0.25) is 14.2 Å². The molecular formula is C22H27N3O2S2. The van der Waals surface area contributed by atoms with Crippen molar-refractivity contribution in [3.05, 3.63) is 56.2 Å². The number of thiophene rings is 1. The molecule has 0 aliphatic heterocycles. The number of carbonyl (C=O) groups excluding carboxylic acids is 1. The third-order valence-electron chi connectivity index (χ3n) is 5.03. The number of aryl methyl sites for hydroxylation is 3. The molecule has 0 saturated carbocycles. The molecule has 1 aromatic carbocycles. The van der Waals surface area contributed by atoms with Crippen LogP contribution < -0.4 is 5.56 Å². The Labute approximate surface area is 179 Å². The molecule has 2 aromatic heterocycles. The van der Waals surface area contributed by atoms with Gasteiger partial charge in [-0.05, 0) is 38.3 Å². The van der Waals surface area contributed by atoms with Crippen LogP contribution in [0.15, 0.2) is 34.2 Å². The molecule has 3 aromatic rings. The molecule has 0 bridgehead atoms. The molecule has 0 fully saturated rings. The van der Waals surface area contributed by atoms with Crippen LogP contribution in [0.1, 0.15) is 34.9 Å². The number of carbonyl (C=O) groups is 1. The summed E-state index contributed by atoms with van der Waals surface area (Å²) in [6, 6.07) is 8.27. The van der Waals surface area contributed by atoms with Crippen LogP contribution in [0.3, 0.4) is 0 Å². The molecule has 0 radical (unpaired) electrons. The summed E-state index contributed by atoms with van der Waals surface area (Å²) in [7, 11) is 1.73. The van der Waals surface area contributed by atoms with E-state index in [1.165, 1.54) is 28.7 Å². The minimum atomic E-state index is -0.0446. The van der Waals surface area contributed by atoms with Gasteiger partial charge in [-0.25, -0.2) is 4.98 Å². The fourth-order valence-electron chi connectivity index (χ4n) is 3.18. The molecule has 0 aliphatic rings. The fraction of sp³-hybridized carbons (Fsp3) is 0.409. The molecule has 7 heteroatoms. The zero-order valence-corrected chi connectivity index (χ0v) is 19.2. The van der Waals surface area contributed by atoms with Gasteiger partial charge in [0, 0.05) is 25.0 Å². The molecule has 154 valence electrons. The Morgan fingerprint density at radius 2 is 1.90 bits per heavy atom. The van der Waals surface area contributed by atoms with E-state index in [0.717, 1.165) is 27.3 Å². The molecule has 0 atom stereocenters. The molecule has 29 heavy (non-hydrogen) atoms. The molecular weight excluding hydrogens is 402 g/mol. The van der Waals surface area contributed by atoms with Crippen LogP contribution in [0.5, 0.6) is 0 Å². The van der Waals surface area contributed by atoms with Crippen LogP contribution in [0.2, 0.25) is 0 Å². The fourth-order valence-corrected chi connectivity index (χ4v) is 5.12. The number of aromatic nitrogens is 2. The first kappa shape index (κ1) is 21.6. The number of thioether (sulfide) groups is 1. The zero-order valence-electron chi connectivity index (χ0n) is 17.6. The summed E-state index contributed by atoms with van der Waals surface area (Å²) in [4.78, 5) is 34.0. The normalized spacial score (nSPS) is 11.2. The van der Waals surface area contributed by atoms with Crippen molar-refractivity contribution in [1.82, 2.24) is 14.5 Å². The van der Waals surface area contributed by atoms with Crippen LogP contribution in [0.25, 0.3) is 10.2 Å². The minimum Gasteiger partial charge on any atom is -0.338 e. The van der Waals surface area contributed by atoms with Crippen LogP contribution in [0.4, 0.5) is 0 Å². The van der Waals surface area contributed by atoms with Gasteiger partial charge in [0.05, 0.1) is 11.1 Å². The Kier molecular flexibility index (Phi) is 6.80. The van der Waals surface area contributed by atoms with Crippen molar-refractivity contribution in [3.8, 4) is 0 Å². The van der Waals surface area contributed by atoms with Gasteiger partial charge in [0.2, 0.25) is 5.91 Å². The molecule has 0 spiro atoms. The van der Waals surface area contributed by atoms with Gasteiger partial charge in [0.1, 0.15) is 4.83 Å². The second-order valence-corrected chi connectivity index (χ2v) is 9.46. The number of rotatable bonds is 7. The number of nitrogens with zero attached hydrogens (tertiary/aromatic N) is 3. The third-order valence-corrected chi connectivity index (χ3v) is 7.15. The van der Waals surface area contributed by atoms with Gasteiger partial charge in [-0.1, -0.05) is 48.5 Å². The smallest absolute Gasteiger partial charge is 0.262 e. The largest absolute Gasteiger partial charge is 0.338 e. The van der Waals surface area contributed by atoms with Crippen molar-refractivity contribution in [1.29, 1.82) is 0 Å². The first-order chi connectivity index (χ1) is 13.8. The number of fused-ring (bicyclic) bond motifs is 1. The van der Waals surface area contributed by atoms with Crippen molar-refractivity contribution in [2.45, 2.75) is 45.8 Å². The predicted molar refractivity (Wildman–Crippen MR) is 122 cm³/mol. The molecule has 3 rings (SSSR count). The highest BCUT2D eigenvalue weighted by Crippen LogP contribution is 2.28. The lowest BCUT2D eigenvalue weighted by Crippen LogP contribution is -2.33. The summed E-state index contributed by atoms with van der Waals surface area (Å²) in [5, 5.41) is 1.28. The standard InChI is InChI=1S/C22H27N3O2S2/c1-6-11-25(12-17-9-7-14(2)8-10-17)18(26)13-28-22-23-20-19(21(27)24(22)5)15(3)16(4)29-20/h7-10H,6,11-13H2,1-5H3. The molecule has 0 saturated heterocycles. The summed E-state index contributed by atoms with van der Waals surface area (Å²) < 4.78 is 1.56. The van der Waals surface area contributed by atoms with Gasteiger partial charge in [0.25, 0.3) is 5.56 Å². The Hall–Kier alpha value is -2.12. The number of benzene rings is 1. The van der Waals surface area contributed by atoms with Crippen molar-refractivity contribution in [2.24, 2.45) is 7.05 Å². The summed E-state index contributed by atoms with van der Waals surface area (Å²) in [5.74, 6) is 0.325. The highest BCUT2D eigenvalue weighted by atomic mass is 32.2. The predicted octanol–water partition coefficient (Wildman–Crippen LogP) is 4.45. The summed E-state index contributed by atoms with van der Waals surface area (Å²) in [5.41, 5.74) is 3.29. The SMILES string of the molecule is CCCN(Cc1ccc(C)cc1)C(=O)CSc1nc2sc(C)c(C)c2c(=O)n1C. The molecule has 1 amide bonds. The third kappa shape index (κ3) is 4.73. The topological polar surface area (TPSA) is 55.2 Å². The first-order valence-electron chi connectivity index (χ1n) is 9.74. The summed E-state index contributed by atoms with van der Waals surface area (Å²) in [6.07, 6.45) is 0.902. The molecule has 2 heterocycles. The highest BCUT2D eigenvalue weighted by molar-refractivity contribution is 7.99. The van der Waals surface area contributed by atoms with Crippen molar-refractivity contribution in [2.75, 3.05) is 12.3 Å². The lowest BCUT2D eigenvalue weighted by molar-refractivity contribution is -0.129. The van der Waals surface area contributed by atoms with Gasteiger partial charge in [-0.15, -0.1) is 11.3 Å². The van der Waals surface area contributed by atoms with Gasteiger partial charge in [0.15, 0.2) is 5.16 Å². The van der Waals surface area contributed by atoms with Crippen molar-refractivity contribution < 1.29 is 4.79 Å². The van der Waals surface area contributed by atoms with Gasteiger partial charge >= 0.3 is 0 Å². The van der Waals surface area contributed by atoms with Crippen molar-refractivity contribution >= 4 is 39.2 Å². The first-order valence-corrected chi connectivity index (χ1v) is 11.5. The maximum absolute atomic E-state index is 12.9. The van der Waals surface area contributed by atoms with Crippen LogP contribution >= 0.6 is 23.1 Å². The Morgan fingerprint density at radius 3 is 2.55 bits per heavy atom. The van der Waals surface area contributed by atoms with Crippen LogP contribution in [-0.2, 0) is 18.4 Å². The maximum Gasteiger partial charge on any atom is 0.262 e. The quantitative estimate of drug-likeness (QED) is 0.411. The van der Waals surface area contributed by atoms with E-state index in [-0.39, 0.29) is 17.2 Å². The van der Waals surface area contributed by atoms with Gasteiger partial charge in [-0.2, -0.15) is 0 Å². The number of hydrogen-bond acceptors (Lipinski definition) is 5. The van der Waals surface area contributed by atoms with E-state index >= 15 is 0 Å². The van der Waals surface area contributed by atoms with Crippen LogP contribution in [0, 0.1) is 20.8 Å². The summed E-state index contributed by atoms with van der Waals surface area (Å²) in [6.45, 7) is 9.40. The molecule has 0 unspecified atom stereocenters. The average molecular weight is 430 g/mol. The lowest BCUT2D eigenvalue weighted by Gasteiger charge is -2.22. The van der Waals surface area contributed by atoms with E-state index in [0.29, 0.717) is 23.6 Å². The van der Waals surface area contributed by atoms with Crippen molar-refractivity contribution in [3.63, 3.8) is 0 Å². The molecule has 0 N–H and O–H groups in total. The van der Waals surface area contributed by atoms with E-state index in [4.69, 9.17) is 0 Å². The Bertz CT molecular complexity index is 1080. The Balaban J connectivity index is 1.76. The second-order valence-electron chi connectivity index (χ2n) is 7.31. The lowest BCUT2D eigenvalue weighted by atomic mass is 10.1. The minimum absolute atomic E-state index is 0.0446. The van der Waals surface area contributed by atoms with Gasteiger partial charge < -0.3 is 4.90 Å². The average Bonchev–Trinajstić information content (AvgIpc) is 2.98. The van der Waals surface area contributed by atoms with E-state index < -0.39 is 0 Å². The highest BCUT2D eigenvalue weighted by Gasteiger charge is 2.18. The molecule has 5 nitrogen and oxygen atoms in total. The summed E-state index contributed by atoms with van der Waals surface area (Å²) >= 11 is 2.87. The number of amides is 1. The monoisotopic (exact) mass is 429 g/mol. The zero-order chi connectivity index (χ0) is 21.1. The Morgan fingerprint density at radius 1 is 1.21 bits per heavy atom. The van der Waals surface area contributed by atoms with E-state index in [2.05, 4.69) is 43.1 Å². The van der Waals surface area contributed by atoms with E-state index in [1.54, 1.807) is 11.6 Å². The maximum atomic E-state index is 12.9.